The number of hydrogen-bond acceptors (Lipinski definition) is 6. The van der Waals surface area contributed by atoms with E-state index >= 15 is 0 Å². The predicted molar refractivity (Wildman–Crippen MR) is 95.7 cm³/mol. The monoisotopic (exact) mass is 390 g/mol. The van der Waals surface area contributed by atoms with Gasteiger partial charge in [0.1, 0.15) is 11.6 Å². The molecule has 0 fully saturated rings. The lowest BCUT2D eigenvalue weighted by Crippen LogP contribution is -2.09. The van der Waals surface area contributed by atoms with Crippen molar-refractivity contribution in [3.05, 3.63) is 46.8 Å². The number of benzene rings is 1. The summed E-state index contributed by atoms with van der Waals surface area (Å²) >= 11 is 3.27. The summed E-state index contributed by atoms with van der Waals surface area (Å²) in [6.07, 6.45) is 8.79. The van der Waals surface area contributed by atoms with Crippen LogP contribution in [0.15, 0.2) is 35.2 Å². The van der Waals surface area contributed by atoms with Crippen LogP contribution in [-0.4, -0.2) is 32.2 Å². The number of hydrogen-bond donors (Lipinski definition) is 5. The van der Waals surface area contributed by atoms with E-state index in [2.05, 4.69) is 46.7 Å². The van der Waals surface area contributed by atoms with E-state index < -0.39 is 0 Å². The maximum absolute atomic E-state index is 9.80. The lowest BCUT2D eigenvalue weighted by molar-refractivity contribution is 0.372. The highest BCUT2D eigenvalue weighted by molar-refractivity contribution is 9.10. The van der Waals surface area contributed by atoms with Crippen molar-refractivity contribution in [1.29, 1.82) is 0 Å². The van der Waals surface area contributed by atoms with Gasteiger partial charge in [0.2, 0.25) is 0 Å². The zero-order chi connectivity index (χ0) is 16.9. The van der Waals surface area contributed by atoms with Crippen LogP contribution in [-0.2, 0) is 0 Å². The number of ether oxygens (including phenoxy) is 1. The van der Waals surface area contributed by atoms with E-state index in [4.69, 9.17) is 4.74 Å². The Hall–Kier alpha value is -2.94. The second-order valence-corrected chi connectivity index (χ2v) is 5.59. The molecule has 8 nitrogen and oxygen atoms in total. The summed E-state index contributed by atoms with van der Waals surface area (Å²) in [6.45, 7) is 0. The molecular weight excluding hydrogens is 376 g/mol. The number of halogens is 1. The number of H-pyrrole nitrogens is 2. The number of rotatable bonds is 6. The number of aromatic hydroxyl groups is 1. The highest BCUT2D eigenvalue weighted by atomic mass is 79.9. The van der Waals surface area contributed by atoms with Gasteiger partial charge in [-0.15, -0.1) is 0 Å². The topological polar surface area (TPSA) is 111 Å². The van der Waals surface area contributed by atoms with Gasteiger partial charge in [0, 0.05) is 24.7 Å². The molecule has 0 saturated heterocycles. The van der Waals surface area contributed by atoms with Crippen LogP contribution in [0.1, 0.15) is 11.6 Å². The molecule has 0 unspecified atom stereocenters. The SMILES string of the molecule is COc1cc(NNc2c[nH]c(/C=C/c3ncc[nH]3)n2)cc(Br)c1O. The van der Waals surface area contributed by atoms with Gasteiger partial charge in [-0.05, 0) is 34.1 Å². The Morgan fingerprint density at radius 2 is 2.04 bits per heavy atom. The summed E-state index contributed by atoms with van der Waals surface area (Å²) in [6, 6.07) is 3.38. The van der Waals surface area contributed by atoms with E-state index in [1.54, 1.807) is 30.7 Å². The molecule has 0 radical (unpaired) electrons. The number of anilines is 2. The molecule has 5 N–H and O–H groups in total. The van der Waals surface area contributed by atoms with Crippen LogP contribution in [0.2, 0.25) is 0 Å². The first kappa shape index (κ1) is 15.9. The molecule has 2 aromatic heterocycles. The average Bonchev–Trinajstić information content (AvgIpc) is 3.25. The minimum atomic E-state index is 0.0492. The van der Waals surface area contributed by atoms with Crippen LogP contribution in [0.3, 0.4) is 0 Å². The molecule has 0 saturated carbocycles. The van der Waals surface area contributed by atoms with Gasteiger partial charge in [0.15, 0.2) is 17.3 Å². The van der Waals surface area contributed by atoms with Crippen molar-refractivity contribution in [2.45, 2.75) is 0 Å². The third-order valence-corrected chi connectivity index (χ3v) is 3.70. The molecule has 0 atom stereocenters. The lowest BCUT2D eigenvalue weighted by atomic mass is 10.3. The summed E-state index contributed by atoms with van der Waals surface area (Å²) in [5.74, 6) is 2.45. The van der Waals surface area contributed by atoms with Gasteiger partial charge in [0.05, 0.1) is 17.3 Å². The van der Waals surface area contributed by atoms with Crippen LogP contribution in [0.5, 0.6) is 11.5 Å². The lowest BCUT2D eigenvalue weighted by Gasteiger charge is -2.11. The zero-order valence-corrected chi connectivity index (χ0v) is 14.3. The number of methoxy groups -OCH3 is 1. The molecule has 24 heavy (non-hydrogen) atoms. The van der Waals surface area contributed by atoms with Crippen LogP contribution >= 0.6 is 15.9 Å². The summed E-state index contributed by atoms with van der Waals surface area (Å²) in [7, 11) is 1.49. The molecule has 0 aliphatic rings. The quantitative estimate of drug-likeness (QED) is 0.326. The standard InChI is InChI=1S/C15H15BrN6O2/c1-24-11-7-9(6-10(16)15(11)23)21-22-14-8-19-13(20-14)3-2-12-17-4-5-18-12/h2-8,21-23H,1H3,(H,17,18)(H,19,20)/b3-2+. The fourth-order valence-corrected chi connectivity index (χ4v) is 2.39. The molecule has 0 amide bonds. The summed E-state index contributed by atoms with van der Waals surface area (Å²) in [5.41, 5.74) is 6.66. The Labute approximate surface area is 146 Å². The largest absolute Gasteiger partial charge is 0.503 e. The highest BCUT2D eigenvalue weighted by Crippen LogP contribution is 2.36. The molecule has 2 heterocycles. The van der Waals surface area contributed by atoms with E-state index in [9.17, 15) is 5.11 Å². The Balaban J connectivity index is 1.64. The van der Waals surface area contributed by atoms with Gasteiger partial charge < -0.3 is 19.8 Å². The average molecular weight is 391 g/mol. The molecule has 9 heteroatoms. The van der Waals surface area contributed by atoms with Gasteiger partial charge in [-0.2, -0.15) is 0 Å². The minimum absolute atomic E-state index is 0.0492. The Bertz CT molecular complexity index is 844. The van der Waals surface area contributed by atoms with Crippen molar-refractivity contribution in [3.8, 4) is 11.5 Å². The number of nitrogens with zero attached hydrogens (tertiary/aromatic N) is 2. The summed E-state index contributed by atoms with van der Waals surface area (Å²) in [4.78, 5) is 14.5. The van der Waals surface area contributed by atoms with E-state index in [1.165, 1.54) is 7.11 Å². The number of aromatic nitrogens is 4. The number of phenolic OH excluding ortho intramolecular Hbond substituents is 1. The fourth-order valence-electron chi connectivity index (χ4n) is 1.95. The first-order valence-corrected chi connectivity index (χ1v) is 7.76. The molecule has 1 aromatic carbocycles. The fraction of sp³-hybridized carbons (Fsp3) is 0.0667. The van der Waals surface area contributed by atoms with Crippen LogP contribution < -0.4 is 15.6 Å². The van der Waals surface area contributed by atoms with Crippen LogP contribution in [0, 0.1) is 0 Å². The predicted octanol–water partition coefficient (Wildman–Crippen LogP) is 3.22. The van der Waals surface area contributed by atoms with E-state index in [0.29, 0.717) is 27.6 Å². The molecule has 0 aliphatic heterocycles. The molecular formula is C15H15BrN6O2. The molecule has 0 aliphatic carbocycles. The Morgan fingerprint density at radius 1 is 1.21 bits per heavy atom. The number of aromatic amines is 2. The van der Waals surface area contributed by atoms with E-state index in [1.807, 2.05) is 12.2 Å². The van der Waals surface area contributed by atoms with Crippen molar-refractivity contribution in [2.24, 2.45) is 0 Å². The van der Waals surface area contributed by atoms with Crippen molar-refractivity contribution in [3.63, 3.8) is 0 Å². The Kier molecular flexibility index (Phi) is 4.71. The number of phenols is 1. The second kappa shape index (κ2) is 7.09. The first-order valence-electron chi connectivity index (χ1n) is 6.97. The molecule has 0 spiro atoms. The molecule has 3 rings (SSSR count). The first-order chi connectivity index (χ1) is 11.7. The third-order valence-electron chi connectivity index (χ3n) is 3.10. The molecule has 124 valence electrons. The smallest absolute Gasteiger partial charge is 0.172 e. The van der Waals surface area contributed by atoms with Gasteiger partial charge in [-0.1, -0.05) is 0 Å². The minimum Gasteiger partial charge on any atom is -0.503 e. The number of hydrazine groups is 1. The maximum Gasteiger partial charge on any atom is 0.172 e. The van der Waals surface area contributed by atoms with Crippen LogP contribution in [0.4, 0.5) is 11.5 Å². The summed E-state index contributed by atoms with van der Waals surface area (Å²) < 4.78 is 5.63. The van der Waals surface area contributed by atoms with E-state index in [0.717, 1.165) is 5.82 Å². The summed E-state index contributed by atoms with van der Waals surface area (Å²) in [5, 5.41) is 9.80. The van der Waals surface area contributed by atoms with Crippen molar-refractivity contribution >= 4 is 39.6 Å². The van der Waals surface area contributed by atoms with E-state index in [-0.39, 0.29) is 5.75 Å². The molecule has 3 aromatic rings. The maximum atomic E-state index is 9.80. The van der Waals surface area contributed by atoms with Gasteiger partial charge in [-0.25, -0.2) is 9.97 Å². The second-order valence-electron chi connectivity index (χ2n) is 4.74. The third kappa shape index (κ3) is 3.69. The number of imidazole rings is 2. The van der Waals surface area contributed by atoms with Gasteiger partial charge in [-0.3, -0.25) is 10.9 Å². The number of nitrogens with one attached hydrogen (secondary N) is 4. The normalized spacial score (nSPS) is 10.9. The van der Waals surface area contributed by atoms with Gasteiger partial charge >= 0.3 is 0 Å². The van der Waals surface area contributed by atoms with Crippen molar-refractivity contribution in [2.75, 3.05) is 18.0 Å². The van der Waals surface area contributed by atoms with Crippen LogP contribution in [0.25, 0.3) is 12.2 Å². The van der Waals surface area contributed by atoms with Gasteiger partial charge in [0.25, 0.3) is 0 Å². The van der Waals surface area contributed by atoms with Crippen molar-refractivity contribution in [1.82, 2.24) is 19.9 Å². The zero-order valence-electron chi connectivity index (χ0n) is 12.7. The van der Waals surface area contributed by atoms with Crippen molar-refractivity contribution < 1.29 is 9.84 Å². The highest BCUT2D eigenvalue weighted by Gasteiger charge is 2.08. The molecule has 0 bridgehead atoms. The Morgan fingerprint density at radius 3 is 2.79 bits per heavy atom.